The van der Waals surface area contributed by atoms with Crippen molar-refractivity contribution in [2.45, 2.75) is 74.9 Å². The lowest BCUT2D eigenvalue weighted by Gasteiger charge is -2.42. The van der Waals surface area contributed by atoms with Crippen LogP contribution in [0.5, 0.6) is 17.2 Å². The van der Waals surface area contributed by atoms with Crippen molar-refractivity contribution in [3.63, 3.8) is 0 Å². The summed E-state index contributed by atoms with van der Waals surface area (Å²) in [5.41, 5.74) is 3.46. The molecule has 226 valence electrons. The number of ether oxygens (including phenoxy) is 1. The zero-order valence-corrected chi connectivity index (χ0v) is 27.5. The van der Waals surface area contributed by atoms with Gasteiger partial charge >= 0.3 is 0 Å². The quantitative estimate of drug-likeness (QED) is 0.0920. The summed E-state index contributed by atoms with van der Waals surface area (Å²) in [6.07, 6.45) is 0. The average Bonchev–Trinajstić information content (AvgIpc) is 2.99. The molecule has 0 heterocycles. The summed E-state index contributed by atoms with van der Waals surface area (Å²) in [5.74, 6) is 0.782. The number of halogens is 1. The Bertz CT molecular complexity index is 1470. The first-order valence-electron chi connectivity index (χ1n) is 14.8. The average molecular weight is 617 g/mol. The molecule has 0 aromatic heterocycles. The van der Waals surface area contributed by atoms with Gasteiger partial charge in [0.05, 0.1) is 10.1 Å². The highest BCUT2D eigenvalue weighted by atomic mass is 32.2. The lowest BCUT2D eigenvalue weighted by atomic mass is 10.0. The van der Waals surface area contributed by atoms with Crippen LogP contribution in [-0.4, -0.2) is 19.2 Å². The monoisotopic (exact) mass is 616 g/mol. The van der Waals surface area contributed by atoms with Gasteiger partial charge in [-0.2, -0.15) is 0 Å². The Kier molecular flexibility index (Phi) is 10.7. The van der Waals surface area contributed by atoms with Crippen molar-refractivity contribution in [1.82, 2.24) is 0 Å². The number of carbonyl (C=O) groups excluding carboxylic acids is 1. The molecule has 4 aromatic rings. The Labute approximate surface area is 260 Å². The Morgan fingerprint density at radius 2 is 1.37 bits per heavy atom. The Balaban J connectivity index is 1.57. The van der Waals surface area contributed by atoms with Gasteiger partial charge < -0.3 is 14.3 Å². The third-order valence-electron chi connectivity index (χ3n) is 7.98. The highest BCUT2D eigenvalue weighted by Gasteiger charge is 2.47. The number of aromatic hydroxyl groups is 1. The van der Waals surface area contributed by atoms with Gasteiger partial charge in [0, 0.05) is 11.6 Å². The zero-order chi connectivity index (χ0) is 31.1. The molecular formula is C36H41FO4SSi. The summed E-state index contributed by atoms with van der Waals surface area (Å²) in [6.45, 7) is 13.8. The number of hydrogen-bond donors (Lipinski definition) is 1. The van der Waals surface area contributed by atoms with Crippen molar-refractivity contribution in [2.24, 2.45) is 0 Å². The molecular weight excluding hydrogens is 576 g/mol. The minimum atomic E-state index is -2.14. The van der Waals surface area contributed by atoms with E-state index in [2.05, 4.69) is 41.5 Å². The molecule has 1 atom stereocenters. The van der Waals surface area contributed by atoms with Crippen LogP contribution in [0, 0.1) is 5.82 Å². The van der Waals surface area contributed by atoms with E-state index in [4.69, 9.17) is 9.16 Å². The molecule has 0 aliphatic rings. The molecule has 0 saturated heterocycles. The normalized spacial score (nSPS) is 12.5. The van der Waals surface area contributed by atoms with Gasteiger partial charge in [0.25, 0.3) is 8.32 Å². The van der Waals surface area contributed by atoms with Crippen LogP contribution in [0.15, 0.2) is 102 Å². The number of benzene rings is 4. The second-order valence-corrected chi connectivity index (χ2v) is 18.3. The minimum Gasteiger partial charge on any atom is -0.543 e. The molecule has 43 heavy (non-hydrogen) atoms. The molecule has 0 amide bonds. The summed E-state index contributed by atoms with van der Waals surface area (Å²) in [6, 6.07) is 28.1. The van der Waals surface area contributed by atoms with E-state index in [1.807, 2.05) is 42.5 Å². The summed E-state index contributed by atoms with van der Waals surface area (Å²) < 4.78 is 26.4. The van der Waals surface area contributed by atoms with E-state index < -0.39 is 13.6 Å². The standard InChI is InChI=1S/C36H41FO4SSi/c1-24(2)43(25(3)4,26(5)6)41-31-18-14-28(15-19-31)35(39)36(29-12-16-30(37)17-13-29)42-34-21-20-32(22-33(34)38)40-23-27-10-8-7-9-11-27/h7-22,24-26,36,38H,23H2,1-6H3. The predicted molar refractivity (Wildman–Crippen MR) is 176 cm³/mol. The van der Waals surface area contributed by atoms with Crippen LogP contribution >= 0.6 is 11.8 Å². The number of thioether (sulfide) groups is 1. The summed E-state index contributed by atoms with van der Waals surface area (Å²) in [5, 5.41) is 10.2. The summed E-state index contributed by atoms with van der Waals surface area (Å²) in [7, 11) is -2.14. The van der Waals surface area contributed by atoms with Gasteiger partial charge in [0.1, 0.15) is 29.7 Å². The van der Waals surface area contributed by atoms with E-state index in [-0.39, 0.29) is 17.3 Å². The van der Waals surface area contributed by atoms with Crippen molar-refractivity contribution < 1.29 is 23.5 Å². The van der Waals surface area contributed by atoms with Gasteiger partial charge in [-0.05, 0) is 76.3 Å². The van der Waals surface area contributed by atoms with Gasteiger partial charge in [-0.25, -0.2) is 4.39 Å². The van der Waals surface area contributed by atoms with E-state index in [0.717, 1.165) is 11.3 Å². The van der Waals surface area contributed by atoms with Crippen LogP contribution in [0.1, 0.15) is 68.3 Å². The number of phenolic OH excluding ortho intramolecular Hbond substituents is 1. The van der Waals surface area contributed by atoms with Gasteiger partial charge in [-0.3, -0.25) is 4.79 Å². The van der Waals surface area contributed by atoms with Gasteiger partial charge in [-0.15, -0.1) is 11.8 Å². The number of rotatable bonds is 13. The van der Waals surface area contributed by atoms with Crippen molar-refractivity contribution in [2.75, 3.05) is 0 Å². The van der Waals surface area contributed by atoms with Crippen LogP contribution in [0.4, 0.5) is 4.39 Å². The Morgan fingerprint density at radius 3 is 1.93 bits per heavy atom. The topological polar surface area (TPSA) is 55.8 Å². The molecule has 1 N–H and O–H groups in total. The largest absolute Gasteiger partial charge is 0.543 e. The number of ketones is 1. The van der Waals surface area contributed by atoms with Crippen LogP contribution < -0.4 is 9.16 Å². The Morgan fingerprint density at radius 1 is 0.791 bits per heavy atom. The minimum absolute atomic E-state index is 0.0107. The van der Waals surface area contributed by atoms with Crippen molar-refractivity contribution >= 4 is 25.9 Å². The molecule has 4 rings (SSSR count). The molecule has 1 unspecified atom stereocenters. The van der Waals surface area contributed by atoms with Gasteiger partial charge in [0.15, 0.2) is 5.78 Å². The fraction of sp³-hybridized carbons (Fsp3) is 0.306. The maximum atomic E-state index is 13.9. The number of phenols is 1. The van der Waals surface area contributed by atoms with E-state index in [0.29, 0.717) is 45.0 Å². The first kappa shape index (κ1) is 32.4. The molecule has 0 saturated carbocycles. The summed E-state index contributed by atoms with van der Waals surface area (Å²) >= 11 is 1.22. The van der Waals surface area contributed by atoms with Crippen molar-refractivity contribution in [3.8, 4) is 17.2 Å². The second-order valence-electron chi connectivity index (χ2n) is 11.8. The fourth-order valence-corrected chi connectivity index (χ4v) is 12.2. The molecule has 0 spiro atoms. The summed E-state index contributed by atoms with van der Waals surface area (Å²) in [4.78, 5) is 14.5. The van der Waals surface area contributed by atoms with Crippen LogP contribution in [-0.2, 0) is 6.61 Å². The predicted octanol–water partition coefficient (Wildman–Crippen LogP) is 10.4. The van der Waals surface area contributed by atoms with Crippen molar-refractivity contribution in [1.29, 1.82) is 0 Å². The molecule has 4 aromatic carbocycles. The number of carbonyl (C=O) groups is 1. The maximum Gasteiger partial charge on any atom is 0.258 e. The highest BCUT2D eigenvalue weighted by Crippen LogP contribution is 2.44. The smallest absolute Gasteiger partial charge is 0.258 e. The molecule has 0 bridgehead atoms. The third-order valence-corrected chi connectivity index (χ3v) is 15.3. The lowest BCUT2D eigenvalue weighted by Crippen LogP contribution is -2.50. The third kappa shape index (κ3) is 7.70. The van der Waals surface area contributed by atoms with Crippen LogP contribution in [0.25, 0.3) is 0 Å². The molecule has 4 nitrogen and oxygen atoms in total. The SMILES string of the molecule is CC(C)[Si](Oc1ccc(C(=O)C(Sc2ccc(OCc3ccccc3)cc2O)c2ccc(F)cc2)cc1)(C(C)C)C(C)C. The first-order chi connectivity index (χ1) is 20.5. The van der Waals surface area contributed by atoms with E-state index in [9.17, 15) is 14.3 Å². The first-order valence-corrected chi connectivity index (χ1v) is 17.8. The fourth-order valence-electron chi connectivity index (χ4n) is 5.86. The second kappa shape index (κ2) is 14.3. The van der Waals surface area contributed by atoms with Crippen LogP contribution in [0.2, 0.25) is 16.6 Å². The Hall–Kier alpha value is -3.55. The van der Waals surface area contributed by atoms with E-state index in [1.165, 1.54) is 23.9 Å². The number of hydrogen-bond acceptors (Lipinski definition) is 5. The van der Waals surface area contributed by atoms with E-state index >= 15 is 0 Å². The molecule has 0 radical (unpaired) electrons. The maximum absolute atomic E-state index is 13.9. The molecule has 0 fully saturated rings. The van der Waals surface area contributed by atoms with Gasteiger partial charge in [-0.1, -0.05) is 84.0 Å². The van der Waals surface area contributed by atoms with Crippen LogP contribution in [0.3, 0.4) is 0 Å². The van der Waals surface area contributed by atoms with Crippen molar-refractivity contribution in [3.05, 3.63) is 120 Å². The number of Topliss-reactive ketones (excluding diaryl/α,β-unsaturated/α-hetero) is 1. The molecule has 0 aliphatic heterocycles. The lowest BCUT2D eigenvalue weighted by molar-refractivity contribution is 0.0989. The molecule has 0 aliphatic carbocycles. The molecule has 7 heteroatoms. The van der Waals surface area contributed by atoms with E-state index in [1.54, 1.807) is 42.5 Å². The zero-order valence-electron chi connectivity index (χ0n) is 25.7. The highest BCUT2D eigenvalue weighted by molar-refractivity contribution is 8.00. The van der Waals surface area contributed by atoms with Gasteiger partial charge in [0.2, 0.25) is 0 Å².